The SMILES string of the molecule is COCC(=O)COCC1CC1. The maximum absolute atomic E-state index is 10.8. The first-order valence-electron chi connectivity index (χ1n) is 3.91. The van der Waals surface area contributed by atoms with Crippen molar-refractivity contribution in [2.45, 2.75) is 12.8 Å². The van der Waals surface area contributed by atoms with Gasteiger partial charge in [-0.2, -0.15) is 0 Å². The Morgan fingerprint density at radius 1 is 1.45 bits per heavy atom. The highest BCUT2D eigenvalue weighted by Crippen LogP contribution is 2.28. The average Bonchev–Trinajstić information content (AvgIpc) is 2.72. The summed E-state index contributed by atoms with van der Waals surface area (Å²) in [5, 5.41) is 0. The van der Waals surface area contributed by atoms with E-state index in [1.807, 2.05) is 0 Å². The van der Waals surface area contributed by atoms with Gasteiger partial charge in [-0.1, -0.05) is 0 Å². The first-order chi connectivity index (χ1) is 5.33. The molecule has 0 saturated heterocycles. The molecule has 1 saturated carbocycles. The molecule has 0 aliphatic heterocycles. The number of methoxy groups -OCH3 is 1. The van der Waals surface area contributed by atoms with E-state index in [0.29, 0.717) is 0 Å². The molecule has 0 aromatic heterocycles. The Balaban J connectivity index is 1.88. The predicted octanol–water partition coefficient (Wildman–Crippen LogP) is 0.628. The highest BCUT2D eigenvalue weighted by molar-refractivity contribution is 5.80. The van der Waals surface area contributed by atoms with Crippen LogP contribution in [0.25, 0.3) is 0 Å². The molecular weight excluding hydrogens is 144 g/mol. The molecule has 3 nitrogen and oxygen atoms in total. The standard InChI is InChI=1S/C8H14O3/c1-10-5-8(9)6-11-4-7-2-3-7/h7H,2-6H2,1H3. The molecule has 11 heavy (non-hydrogen) atoms. The van der Waals surface area contributed by atoms with E-state index in [1.165, 1.54) is 20.0 Å². The highest BCUT2D eigenvalue weighted by Gasteiger charge is 2.21. The van der Waals surface area contributed by atoms with Gasteiger partial charge in [0.2, 0.25) is 0 Å². The van der Waals surface area contributed by atoms with Crippen LogP contribution in [-0.2, 0) is 14.3 Å². The summed E-state index contributed by atoms with van der Waals surface area (Å²) in [5.74, 6) is 0.749. The van der Waals surface area contributed by atoms with Gasteiger partial charge in [0.25, 0.3) is 0 Å². The van der Waals surface area contributed by atoms with E-state index in [-0.39, 0.29) is 19.0 Å². The Hall–Kier alpha value is -0.410. The van der Waals surface area contributed by atoms with Crippen LogP contribution in [0.4, 0.5) is 0 Å². The van der Waals surface area contributed by atoms with Crippen LogP contribution in [0.2, 0.25) is 0 Å². The van der Waals surface area contributed by atoms with Crippen LogP contribution in [0.15, 0.2) is 0 Å². The molecule has 0 unspecified atom stereocenters. The Morgan fingerprint density at radius 3 is 2.73 bits per heavy atom. The van der Waals surface area contributed by atoms with Gasteiger partial charge in [0.1, 0.15) is 13.2 Å². The number of hydrogen-bond acceptors (Lipinski definition) is 3. The third-order valence-electron chi connectivity index (χ3n) is 1.62. The highest BCUT2D eigenvalue weighted by atomic mass is 16.5. The molecule has 0 aromatic rings. The zero-order valence-corrected chi connectivity index (χ0v) is 6.84. The molecule has 1 fully saturated rings. The summed E-state index contributed by atoms with van der Waals surface area (Å²) in [6.07, 6.45) is 2.52. The molecule has 0 amide bonds. The Kier molecular flexibility index (Phi) is 3.52. The van der Waals surface area contributed by atoms with Gasteiger partial charge in [0.15, 0.2) is 5.78 Å². The number of Topliss-reactive ketones (excluding diaryl/α,β-unsaturated/α-hetero) is 1. The van der Waals surface area contributed by atoms with Crippen LogP contribution < -0.4 is 0 Å². The van der Waals surface area contributed by atoms with E-state index in [0.717, 1.165) is 12.5 Å². The lowest BCUT2D eigenvalue weighted by atomic mass is 10.4. The molecule has 0 spiro atoms. The van der Waals surface area contributed by atoms with Crippen molar-refractivity contribution in [1.29, 1.82) is 0 Å². The molecule has 1 rings (SSSR count). The summed E-state index contributed by atoms with van der Waals surface area (Å²) in [5.41, 5.74) is 0. The first-order valence-corrected chi connectivity index (χ1v) is 3.91. The third-order valence-corrected chi connectivity index (χ3v) is 1.62. The van der Waals surface area contributed by atoms with Crippen molar-refractivity contribution < 1.29 is 14.3 Å². The van der Waals surface area contributed by atoms with Gasteiger partial charge < -0.3 is 9.47 Å². The smallest absolute Gasteiger partial charge is 0.183 e. The summed E-state index contributed by atoms with van der Waals surface area (Å²) in [6.45, 7) is 1.13. The fraction of sp³-hybridized carbons (Fsp3) is 0.875. The van der Waals surface area contributed by atoms with Gasteiger partial charge in [-0.3, -0.25) is 4.79 Å². The monoisotopic (exact) mass is 158 g/mol. The van der Waals surface area contributed by atoms with Crippen LogP contribution in [-0.4, -0.2) is 32.7 Å². The molecule has 0 aromatic carbocycles. The summed E-state index contributed by atoms with van der Waals surface area (Å²) in [6, 6.07) is 0. The normalized spacial score (nSPS) is 16.8. The van der Waals surface area contributed by atoms with Crippen LogP contribution >= 0.6 is 0 Å². The van der Waals surface area contributed by atoms with Crippen molar-refractivity contribution >= 4 is 5.78 Å². The minimum absolute atomic E-state index is 0.0214. The average molecular weight is 158 g/mol. The van der Waals surface area contributed by atoms with E-state index in [9.17, 15) is 4.79 Å². The minimum atomic E-state index is 0.0214. The van der Waals surface area contributed by atoms with Crippen molar-refractivity contribution in [3.63, 3.8) is 0 Å². The zero-order valence-electron chi connectivity index (χ0n) is 6.84. The van der Waals surface area contributed by atoms with Gasteiger partial charge in [0, 0.05) is 13.7 Å². The lowest BCUT2D eigenvalue weighted by Gasteiger charge is -2.00. The third kappa shape index (κ3) is 4.11. The number of carbonyl (C=O) groups is 1. The molecule has 1 aliphatic rings. The van der Waals surface area contributed by atoms with Crippen molar-refractivity contribution in [3.8, 4) is 0 Å². The van der Waals surface area contributed by atoms with Crippen molar-refractivity contribution in [1.82, 2.24) is 0 Å². The molecule has 0 N–H and O–H groups in total. The van der Waals surface area contributed by atoms with E-state index < -0.39 is 0 Å². The molecular formula is C8H14O3. The number of ketones is 1. The predicted molar refractivity (Wildman–Crippen MR) is 40.4 cm³/mol. The van der Waals surface area contributed by atoms with Gasteiger partial charge >= 0.3 is 0 Å². The zero-order chi connectivity index (χ0) is 8.10. The largest absolute Gasteiger partial charge is 0.377 e. The van der Waals surface area contributed by atoms with E-state index in [4.69, 9.17) is 4.74 Å². The maximum Gasteiger partial charge on any atom is 0.183 e. The second-order valence-electron chi connectivity index (χ2n) is 2.93. The number of carbonyl (C=O) groups excluding carboxylic acids is 1. The van der Waals surface area contributed by atoms with Gasteiger partial charge in [-0.25, -0.2) is 0 Å². The van der Waals surface area contributed by atoms with Gasteiger partial charge in [0.05, 0.1) is 0 Å². The molecule has 3 heteroatoms. The second-order valence-corrected chi connectivity index (χ2v) is 2.93. The van der Waals surface area contributed by atoms with Gasteiger partial charge in [-0.05, 0) is 18.8 Å². The van der Waals surface area contributed by atoms with Crippen LogP contribution in [0.3, 0.4) is 0 Å². The van der Waals surface area contributed by atoms with Gasteiger partial charge in [-0.15, -0.1) is 0 Å². The summed E-state index contributed by atoms with van der Waals surface area (Å²) >= 11 is 0. The van der Waals surface area contributed by atoms with Crippen molar-refractivity contribution in [3.05, 3.63) is 0 Å². The molecule has 64 valence electrons. The summed E-state index contributed by atoms with van der Waals surface area (Å²) in [7, 11) is 1.51. The summed E-state index contributed by atoms with van der Waals surface area (Å²) < 4.78 is 9.79. The molecule has 0 heterocycles. The number of hydrogen-bond donors (Lipinski definition) is 0. The lowest BCUT2D eigenvalue weighted by Crippen LogP contribution is -2.15. The first kappa shape index (κ1) is 8.68. The maximum atomic E-state index is 10.8. The van der Waals surface area contributed by atoms with Crippen molar-refractivity contribution in [2.75, 3.05) is 26.9 Å². The Labute approximate surface area is 66.7 Å². The second kappa shape index (κ2) is 4.46. The Bertz CT molecular complexity index is 129. The van der Waals surface area contributed by atoms with E-state index in [1.54, 1.807) is 0 Å². The lowest BCUT2D eigenvalue weighted by molar-refractivity contribution is -0.127. The number of ether oxygens (including phenoxy) is 2. The van der Waals surface area contributed by atoms with Crippen LogP contribution in [0.1, 0.15) is 12.8 Å². The topological polar surface area (TPSA) is 35.5 Å². The van der Waals surface area contributed by atoms with E-state index in [2.05, 4.69) is 4.74 Å². The molecule has 0 radical (unpaired) electrons. The fourth-order valence-electron chi connectivity index (χ4n) is 0.827. The minimum Gasteiger partial charge on any atom is -0.377 e. The number of rotatable bonds is 6. The fourth-order valence-corrected chi connectivity index (χ4v) is 0.827. The summed E-state index contributed by atoms with van der Waals surface area (Å²) in [4.78, 5) is 10.8. The molecule has 0 atom stereocenters. The van der Waals surface area contributed by atoms with Crippen LogP contribution in [0.5, 0.6) is 0 Å². The van der Waals surface area contributed by atoms with Crippen molar-refractivity contribution in [2.24, 2.45) is 5.92 Å². The molecule has 0 bridgehead atoms. The van der Waals surface area contributed by atoms with E-state index >= 15 is 0 Å². The quantitative estimate of drug-likeness (QED) is 0.568. The molecule has 1 aliphatic carbocycles. The van der Waals surface area contributed by atoms with Crippen LogP contribution in [0, 0.1) is 5.92 Å². The Morgan fingerprint density at radius 2 is 2.18 bits per heavy atom.